The van der Waals surface area contributed by atoms with Crippen LogP contribution in [0.2, 0.25) is 0 Å². The SMILES string of the molecule is CC(=O)CC(NC(=O)c1ccccc1Br)C(=O)O. The van der Waals surface area contributed by atoms with Crippen LogP contribution >= 0.6 is 15.9 Å². The molecule has 1 aromatic rings. The first-order chi connectivity index (χ1) is 8.41. The lowest BCUT2D eigenvalue weighted by Crippen LogP contribution is -2.42. The van der Waals surface area contributed by atoms with Crippen LogP contribution in [0.3, 0.4) is 0 Å². The standard InChI is InChI=1S/C12H12BrNO4/c1-7(15)6-10(12(17)18)14-11(16)8-4-2-3-5-9(8)13/h2-5,10H,6H2,1H3,(H,14,16)(H,17,18). The van der Waals surface area contributed by atoms with Gasteiger partial charge in [-0.1, -0.05) is 12.1 Å². The number of halogens is 1. The summed E-state index contributed by atoms with van der Waals surface area (Å²) in [4.78, 5) is 33.7. The monoisotopic (exact) mass is 313 g/mol. The maximum absolute atomic E-state index is 11.8. The van der Waals surface area contributed by atoms with Crippen LogP contribution in [0, 0.1) is 0 Å². The summed E-state index contributed by atoms with van der Waals surface area (Å²) in [6.45, 7) is 1.28. The van der Waals surface area contributed by atoms with Crippen LogP contribution in [-0.2, 0) is 9.59 Å². The van der Waals surface area contributed by atoms with E-state index in [0.717, 1.165) is 0 Å². The van der Waals surface area contributed by atoms with E-state index in [1.165, 1.54) is 6.92 Å². The predicted molar refractivity (Wildman–Crippen MR) is 68.3 cm³/mol. The first kappa shape index (κ1) is 14.4. The van der Waals surface area contributed by atoms with Crippen molar-refractivity contribution >= 4 is 33.6 Å². The summed E-state index contributed by atoms with van der Waals surface area (Å²) in [6, 6.07) is 5.44. The van der Waals surface area contributed by atoms with E-state index in [0.29, 0.717) is 10.0 Å². The number of Topliss-reactive ketones (excluding diaryl/α,β-unsaturated/α-hetero) is 1. The zero-order valence-electron chi connectivity index (χ0n) is 9.64. The van der Waals surface area contributed by atoms with Gasteiger partial charge < -0.3 is 10.4 Å². The molecule has 1 rings (SSSR count). The Morgan fingerprint density at radius 1 is 1.33 bits per heavy atom. The van der Waals surface area contributed by atoms with E-state index >= 15 is 0 Å². The summed E-state index contributed by atoms with van der Waals surface area (Å²) in [7, 11) is 0. The molecule has 0 bridgehead atoms. The third kappa shape index (κ3) is 3.96. The molecule has 0 aliphatic heterocycles. The minimum Gasteiger partial charge on any atom is -0.480 e. The van der Waals surface area contributed by atoms with Gasteiger partial charge in [0.2, 0.25) is 0 Å². The van der Waals surface area contributed by atoms with E-state index in [4.69, 9.17) is 5.11 Å². The van der Waals surface area contributed by atoms with Gasteiger partial charge in [-0.3, -0.25) is 9.59 Å². The van der Waals surface area contributed by atoms with Crippen molar-refractivity contribution in [3.05, 3.63) is 34.3 Å². The van der Waals surface area contributed by atoms with Crippen molar-refractivity contribution in [3.63, 3.8) is 0 Å². The minimum atomic E-state index is -1.23. The van der Waals surface area contributed by atoms with Gasteiger partial charge >= 0.3 is 5.97 Å². The summed E-state index contributed by atoms with van der Waals surface area (Å²) in [5.74, 6) is -2.06. The molecule has 1 atom stereocenters. The van der Waals surface area contributed by atoms with Crippen molar-refractivity contribution in [1.82, 2.24) is 5.32 Å². The molecule has 0 aliphatic rings. The number of carbonyl (C=O) groups is 3. The fourth-order valence-corrected chi connectivity index (χ4v) is 1.83. The number of carboxylic acids is 1. The van der Waals surface area contributed by atoms with E-state index in [1.54, 1.807) is 24.3 Å². The third-order valence-electron chi connectivity index (χ3n) is 2.21. The first-order valence-corrected chi connectivity index (χ1v) is 5.98. The van der Waals surface area contributed by atoms with Crippen molar-refractivity contribution in [1.29, 1.82) is 0 Å². The zero-order valence-corrected chi connectivity index (χ0v) is 11.2. The quantitative estimate of drug-likeness (QED) is 0.865. The smallest absolute Gasteiger partial charge is 0.326 e. The van der Waals surface area contributed by atoms with Crippen LogP contribution in [0.25, 0.3) is 0 Å². The number of nitrogens with one attached hydrogen (secondary N) is 1. The van der Waals surface area contributed by atoms with Crippen LogP contribution in [0.1, 0.15) is 23.7 Å². The Morgan fingerprint density at radius 3 is 2.44 bits per heavy atom. The molecule has 1 amide bonds. The average molecular weight is 314 g/mol. The van der Waals surface area contributed by atoms with Crippen LogP contribution in [0.15, 0.2) is 28.7 Å². The second kappa shape index (κ2) is 6.30. The highest BCUT2D eigenvalue weighted by Crippen LogP contribution is 2.15. The number of hydrogen-bond donors (Lipinski definition) is 2. The van der Waals surface area contributed by atoms with Crippen LogP contribution in [0.5, 0.6) is 0 Å². The number of aliphatic carboxylic acids is 1. The Balaban J connectivity index is 2.82. The van der Waals surface area contributed by atoms with Gasteiger partial charge in [-0.25, -0.2) is 4.79 Å². The third-order valence-corrected chi connectivity index (χ3v) is 2.90. The fourth-order valence-electron chi connectivity index (χ4n) is 1.37. The Kier molecular flexibility index (Phi) is 5.03. The molecule has 0 heterocycles. The number of ketones is 1. The topological polar surface area (TPSA) is 83.5 Å². The summed E-state index contributed by atoms with van der Waals surface area (Å²) in [5.41, 5.74) is 0.326. The van der Waals surface area contributed by atoms with Gasteiger partial charge in [-0.2, -0.15) is 0 Å². The van der Waals surface area contributed by atoms with Crippen LogP contribution in [0.4, 0.5) is 0 Å². The lowest BCUT2D eigenvalue weighted by Gasteiger charge is -2.13. The Morgan fingerprint density at radius 2 is 1.94 bits per heavy atom. The van der Waals surface area contributed by atoms with Gasteiger partial charge in [0.15, 0.2) is 0 Å². The molecule has 0 fully saturated rings. The van der Waals surface area contributed by atoms with Gasteiger partial charge in [0.1, 0.15) is 11.8 Å². The van der Waals surface area contributed by atoms with Crippen molar-refractivity contribution in [2.24, 2.45) is 0 Å². The van der Waals surface area contributed by atoms with E-state index in [2.05, 4.69) is 21.2 Å². The zero-order chi connectivity index (χ0) is 13.7. The summed E-state index contributed by atoms with van der Waals surface area (Å²) in [6.07, 6.45) is -0.231. The Bertz CT molecular complexity index is 487. The molecular weight excluding hydrogens is 302 g/mol. The number of carbonyl (C=O) groups excluding carboxylic acids is 2. The second-order valence-corrected chi connectivity index (χ2v) is 4.60. The van der Waals surface area contributed by atoms with Crippen molar-refractivity contribution < 1.29 is 19.5 Å². The summed E-state index contributed by atoms with van der Waals surface area (Å²) < 4.78 is 0.564. The molecular formula is C12H12BrNO4. The van der Waals surface area contributed by atoms with E-state index in [-0.39, 0.29) is 12.2 Å². The molecule has 0 spiro atoms. The lowest BCUT2D eigenvalue weighted by molar-refractivity contribution is -0.140. The molecule has 0 aliphatic carbocycles. The van der Waals surface area contributed by atoms with Gasteiger partial charge in [0, 0.05) is 10.9 Å². The number of amides is 1. The first-order valence-electron chi connectivity index (χ1n) is 5.19. The predicted octanol–water partition coefficient (Wildman–Crippen LogP) is 1.61. The molecule has 2 N–H and O–H groups in total. The second-order valence-electron chi connectivity index (χ2n) is 3.75. The highest BCUT2D eigenvalue weighted by Gasteiger charge is 2.22. The van der Waals surface area contributed by atoms with E-state index < -0.39 is 17.9 Å². The number of hydrogen-bond acceptors (Lipinski definition) is 3. The maximum Gasteiger partial charge on any atom is 0.326 e. The fraction of sp³-hybridized carbons (Fsp3) is 0.250. The van der Waals surface area contributed by atoms with Crippen molar-refractivity contribution in [2.45, 2.75) is 19.4 Å². The molecule has 96 valence electrons. The summed E-state index contributed by atoms with van der Waals surface area (Å²) >= 11 is 3.20. The van der Waals surface area contributed by atoms with Gasteiger partial charge in [0.25, 0.3) is 5.91 Å². The highest BCUT2D eigenvalue weighted by atomic mass is 79.9. The van der Waals surface area contributed by atoms with Crippen LogP contribution in [-0.4, -0.2) is 28.8 Å². The molecule has 6 heteroatoms. The molecule has 0 saturated heterocycles. The molecule has 1 unspecified atom stereocenters. The molecule has 0 radical (unpaired) electrons. The van der Waals surface area contributed by atoms with Crippen molar-refractivity contribution in [3.8, 4) is 0 Å². The van der Waals surface area contributed by atoms with Crippen molar-refractivity contribution in [2.75, 3.05) is 0 Å². The average Bonchev–Trinajstić information content (AvgIpc) is 2.27. The molecule has 0 saturated carbocycles. The Labute approximate surface area is 112 Å². The molecule has 1 aromatic carbocycles. The van der Waals surface area contributed by atoms with Gasteiger partial charge in [-0.15, -0.1) is 0 Å². The molecule has 5 nitrogen and oxygen atoms in total. The maximum atomic E-state index is 11.8. The van der Waals surface area contributed by atoms with Gasteiger partial charge in [-0.05, 0) is 35.0 Å². The van der Waals surface area contributed by atoms with Crippen LogP contribution < -0.4 is 5.32 Å². The normalized spacial score (nSPS) is 11.7. The number of carboxylic acid groups (broad SMARTS) is 1. The van der Waals surface area contributed by atoms with E-state index in [9.17, 15) is 14.4 Å². The Hall–Kier alpha value is -1.69. The molecule has 0 aromatic heterocycles. The minimum absolute atomic E-state index is 0.231. The molecule has 18 heavy (non-hydrogen) atoms. The van der Waals surface area contributed by atoms with Gasteiger partial charge in [0.05, 0.1) is 5.56 Å². The van der Waals surface area contributed by atoms with E-state index in [1.807, 2.05) is 0 Å². The number of benzene rings is 1. The number of rotatable bonds is 5. The summed E-state index contributed by atoms with van der Waals surface area (Å²) in [5, 5.41) is 11.2. The highest BCUT2D eigenvalue weighted by molar-refractivity contribution is 9.10. The largest absolute Gasteiger partial charge is 0.480 e. The lowest BCUT2D eigenvalue weighted by atomic mass is 10.1.